The Morgan fingerprint density at radius 2 is 1.82 bits per heavy atom. The van der Waals surface area contributed by atoms with Gasteiger partial charge in [0.1, 0.15) is 11.4 Å². The molecule has 2 aromatic carbocycles. The minimum absolute atomic E-state index is 0.0262. The summed E-state index contributed by atoms with van der Waals surface area (Å²) in [6.45, 7) is 0.627. The molecule has 4 atom stereocenters. The van der Waals surface area contributed by atoms with Crippen LogP contribution in [0.4, 0.5) is 11.4 Å². The van der Waals surface area contributed by atoms with Crippen molar-refractivity contribution in [3.63, 3.8) is 0 Å². The molecule has 3 heterocycles. The summed E-state index contributed by atoms with van der Waals surface area (Å²) in [4.78, 5) is 54.4. The number of amides is 2. The highest BCUT2D eigenvalue weighted by atomic mass is 35.5. The number of hydrogen-bond donors (Lipinski definition) is 0. The Bertz CT molecular complexity index is 1180. The van der Waals surface area contributed by atoms with E-state index in [1.807, 2.05) is 4.90 Å². The van der Waals surface area contributed by atoms with E-state index in [2.05, 4.69) is 0 Å². The van der Waals surface area contributed by atoms with Gasteiger partial charge < -0.3 is 4.74 Å². The van der Waals surface area contributed by atoms with Gasteiger partial charge in [-0.15, -0.1) is 0 Å². The topological polar surface area (TPSA) is 110 Å². The molecule has 0 unspecified atom stereocenters. The minimum atomic E-state index is -0.866. The maximum atomic E-state index is 13.7. The molecular formula is C23H20ClN3O6. The van der Waals surface area contributed by atoms with E-state index in [1.54, 1.807) is 24.3 Å². The third-order valence-corrected chi connectivity index (χ3v) is 7.12. The van der Waals surface area contributed by atoms with Gasteiger partial charge >= 0.3 is 0 Å². The predicted octanol–water partition coefficient (Wildman–Crippen LogP) is 3.09. The standard InChI is InChI=1S/C23H20ClN3O6/c1-33-17-9-8-14(27(31)32)11-16(17)26-22(29)18-15-3-2-10-25(15)20(19(18)23(26)30)21(28)12-4-6-13(24)7-5-12/h4-9,11,15,18-20H,2-3,10H2,1H3/t15-,18-,19+,20-/m0/s1. The number of nitrogens with zero attached hydrogens (tertiary/aromatic N) is 3. The van der Waals surface area contributed by atoms with E-state index in [0.29, 0.717) is 23.6 Å². The second-order valence-electron chi connectivity index (χ2n) is 8.44. The molecule has 3 saturated heterocycles. The number of carbonyl (C=O) groups excluding carboxylic acids is 3. The number of anilines is 1. The molecule has 0 aromatic heterocycles. The second-order valence-corrected chi connectivity index (χ2v) is 8.88. The normalized spacial score (nSPS) is 26.4. The number of nitro groups is 1. The monoisotopic (exact) mass is 469 g/mol. The van der Waals surface area contributed by atoms with Crippen LogP contribution in [0.3, 0.4) is 0 Å². The molecule has 2 amide bonds. The summed E-state index contributed by atoms with van der Waals surface area (Å²) in [7, 11) is 1.36. The number of ether oxygens (including phenoxy) is 1. The fourth-order valence-corrected chi connectivity index (χ4v) is 5.63. The van der Waals surface area contributed by atoms with Gasteiger partial charge in [0.05, 0.1) is 29.9 Å². The van der Waals surface area contributed by atoms with Crippen LogP contribution in [0, 0.1) is 22.0 Å². The van der Waals surface area contributed by atoms with Crippen LogP contribution in [0.25, 0.3) is 0 Å². The number of nitro benzene ring substituents is 1. The van der Waals surface area contributed by atoms with Crippen molar-refractivity contribution >= 4 is 40.6 Å². The first-order valence-corrected chi connectivity index (χ1v) is 11.0. The zero-order chi connectivity index (χ0) is 23.4. The quantitative estimate of drug-likeness (QED) is 0.286. The van der Waals surface area contributed by atoms with Crippen LogP contribution in [-0.2, 0) is 9.59 Å². The molecule has 0 saturated carbocycles. The number of benzene rings is 2. The van der Waals surface area contributed by atoms with Crippen molar-refractivity contribution in [2.75, 3.05) is 18.6 Å². The number of hydrogen-bond acceptors (Lipinski definition) is 7. The van der Waals surface area contributed by atoms with Crippen molar-refractivity contribution in [1.82, 2.24) is 4.90 Å². The van der Waals surface area contributed by atoms with Gasteiger partial charge in [0, 0.05) is 28.8 Å². The first-order chi connectivity index (χ1) is 15.8. The van der Waals surface area contributed by atoms with Gasteiger partial charge in [-0.25, -0.2) is 4.90 Å². The van der Waals surface area contributed by atoms with Crippen molar-refractivity contribution in [3.05, 3.63) is 63.2 Å². The summed E-state index contributed by atoms with van der Waals surface area (Å²) in [5, 5.41) is 11.8. The van der Waals surface area contributed by atoms with Crippen LogP contribution < -0.4 is 9.64 Å². The maximum absolute atomic E-state index is 13.7. The molecule has 0 bridgehead atoms. The van der Waals surface area contributed by atoms with E-state index in [1.165, 1.54) is 19.2 Å². The predicted molar refractivity (Wildman–Crippen MR) is 118 cm³/mol. The Morgan fingerprint density at radius 3 is 2.48 bits per heavy atom. The number of Topliss-reactive ketones (excluding diaryl/α,β-unsaturated/α-hetero) is 1. The number of halogens is 1. The summed E-state index contributed by atoms with van der Waals surface area (Å²) in [5.41, 5.74) is 0.181. The molecule has 3 fully saturated rings. The van der Waals surface area contributed by atoms with Gasteiger partial charge in [-0.05, 0) is 49.7 Å². The molecule has 3 aliphatic heterocycles. The number of fused-ring (bicyclic) bond motifs is 3. The number of methoxy groups -OCH3 is 1. The Hall–Kier alpha value is -3.30. The maximum Gasteiger partial charge on any atom is 0.271 e. The Kier molecular flexibility index (Phi) is 5.18. The molecule has 33 heavy (non-hydrogen) atoms. The van der Waals surface area contributed by atoms with E-state index >= 15 is 0 Å². The summed E-state index contributed by atoms with van der Waals surface area (Å²) >= 11 is 5.96. The molecule has 0 spiro atoms. The van der Waals surface area contributed by atoms with Gasteiger partial charge in [0.2, 0.25) is 11.8 Å². The van der Waals surface area contributed by atoms with Crippen LogP contribution in [0.15, 0.2) is 42.5 Å². The van der Waals surface area contributed by atoms with Crippen molar-refractivity contribution in [3.8, 4) is 5.75 Å². The highest BCUT2D eigenvalue weighted by Gasteiger charge is 2.65. The molecular weight excluding hydrogens is 450 g/mol. The van der Waals surface area contributed by atoms with E-state index in [-0.39, 0.29) is 28.9 Å². The number of ketones is 1. The molecule has 3 aliphatic rings. The summed E-state index contributed by atoms with van der Waals surface area (Å²) < 4.78 is 5.29. The van der Waals surface area contributed by atoms with Crippen LogP contribution >= 0.6 is 11.6 Å². The number of non-ortho nitro benzene ring substituents is 1. The Labute approximate surface area is 194 Å². The van der Waals surface area contributed by atoms with E-state index in [4.69, 9.17) is 16.3 Å². The Morgan fingerprint density at radius 1 is 1.12 bits per heavy atom. The third kappa shape index (κ3) is 3.22. The fourth-order valence-electron chi connectivity index (χ4n) is 5.50. The van der Waals surface area contributed by atoms with Crippen molar-refractivity contribution < 1.29 is 24.0 Å². The number of carbonyl (C=O) groups is 3. The van der Waals surface area contributed by atoms with Gasteiger partial charge in [-0.1, -0.05) is 11.6 Å². The van der Waals surface area contributed by atoms with E-state index in [0.717, 1.165) is 17.4 Å². The van der Waals surface area contributed by atoms with Gasteiger partial charge in [0.15, 0.2) is 5.78 Å². The average molecular weight is 470 g/mol. The van der Waals surface area contributed by atoms with Crippen molar-refractivity contribution in [2.24, 2.45) is 11.8 Å². The summed E-state index contributed by atoms with van der Waals surface area (Å²) in [6, 6.07) is 9.22. The zero-order valence-electron chi connectivity index (χ0n) is 17.6. The molecule has 5 rings (SSSR count). The van der Waals surface area contributed by atoms with Crippen LogP contribution in [-0.4, -0.2) is 53.2 Å². The fraction of sp³-hybridized carbons (Fsp3) is 0.348. The average Bonchev–Trinajstić information content (AvgIpc) is 3.45. The lowest BCUT2D eigenvalue weighted by atomic mass is 9.85. The zero-order valence-corrected chi connectivity index (χ0v) is 18.4. The Balaban J connectivity index is 1.58. The first kappa shape index (κ1) is 21.5. The van der Waals surface area contributed by atoms with Gasteiger partial charge in [0.25, 0.3) is 5.69 Å². The molecule has 0 radical (unpaired) electrons. The largest absolute Gasteiger partial charge is 0.495 e. The molecule has 170 valence electrons. The first-order valence-electron chi connectivity index (χ1n) is 10.6. The lowest BCUT2D eigenvalue weighted by Gasteiger charge is -2.28. The number of rotatable bonds is 5. The van der Waals surface area contributed by atoms with Gasteiger partial charge in [-0.3, -0.25) is 29.4 Å². The lowest BCUT2D eigenvalue weighted by molar-refractivity contribution is -0.384. The molecule has 2 aromatic rings. The number of imide groups is 1. The second kappa shape index (κ2) is 7.93. The highest BCUT2D eigenvalue weighted by molar-refractivity contribution is 6.30. The van der Waals surface area contributed by atoms with Gasteiger partial charge in [-0.2, -0.15) is 0 Å². The van der Waals surface area contributed by atoms with E-state index in [9.17, 15) is 24.5 Å². The molecule has 10 heteroatoms. The highest BCUT2D eigenvalue weighted by Crippen LogP contribution is 2.50. The smallest absolute Gasteiger partial charge is 0.271 e. The summed E-state index contributed by atoms with van der Waals surface area (Å²) in [5.74, 6) is -2.61. The molecule has 9 nitrogen and oxygen atoms in total. The van der Waals surface area contributed by atoms with Crippen LogP contribution in [0.2, 0.25) is 5.02 Å². The SMILES string of the molecule is COc1ccc([N+](=O)[O-])cc1N1C(=O)[C@@H]2[C@@H](C1=O)[C@@H]1CCCN1[C@@H]2C(=O)c1ccc(Cl)cc1. The summed E-state index contributed by atoms with van der Waals surface area (Å²) in [6.07, 6.45) is 1.52. The molecule has 0 N–H and O–H groups in total. The van der Waals surface area contributed by atoms with Crippen molar-refractivity contribution in [1.29, 1.82) is 0 Å². The third-order valence-electron chi connectivity index (χ3n) is 6.86. The molecule has 0 aliphatic carbocycles. The lowest BCUT2D eigenvalue weighted by Crippen LogP contribution is -2.46. The minimum Gasteiger partial charge on any atom is -0.495 e. The van der Waals surface area contributed by atoms with Crippen molar-refractivity contribution in [2.45, 2.75) is 24.9 Å². The van der Waals surface area contributed by atoms with Crippen LogP contribution in [0.5, 0.6) is 5.75 Å². The van der Waals surface area contributed by atoms with E-state index < -0.39 is 34.6 Å². The van der Waals surface area contributed by atoms with Crippen LogP contribution in [0.1, 0.15) is 23.2 Å².